The van der Waals surface area contributed by atoms with Crippen molar-refractivity contribution in [1.82, 2.24) is 0 Å². The van der Waals surface area contributed by atoms with Crippen LogP contribution in [0.25, 0.3) is 0 Å². The van der Waals surface area contributed by atoms with Crippen LogP contribution in [0.1, 0.15) is 39.2 Å². The van der Waals surface area contributed by atoms with E-state index in [4.69, 9.17) is 0 Å². The predicted molar refractivity (Wildman–Crippen MR) is 90.0 cm³/mol. The Morgan fingerprint density at radius 2 is 1.63 bits per heavy atom. The van der Waals surface area contributed by atoms with E-state index in [9.17, 15) is 0 Å². The fourth-order valence-corrected chi connectivity index (χ4v) is 4.27. The molecule has 0 amide bonds. The van der Waals surface area contributed by atoms with E-state index >= 15 is 0 Å². The zero-order chi connectivity index (χ0) is 14.0. The number of aryl methyl sites for hydroxylation is 1. The van der Waals surface area contributed by atoms with E-state index in [2.05, 4.69) is 50.3 Å². The zero-order valence-electron chi connectivity index (χ0n) is 12.7. The molecule has 0 unspecified atom stereocenters. The number of fused-ring (bicyclic) bond motifs is 1. The Labute approximate surface area is 126 Å². The number of nitrogens with zero attached hydrogens (tertiary/aromatic N) is 1. The second kappa shape index (κ2) is 6.01. The summed E-state index contributed by atoms with van der Waals surface area (Å²) in [5.41, 5.74) is 3.21. The fraction of sp³-hybridized carbons (Fsp3) is 0.625. The van der Waals surface area contributed by atoms with Gasteiger partial charge in [-0.25, -0.2) is 0 Å². The van der Waals surface area contributed by atoms with Crippen LogP contribution in [0.5, 0.6) is 0 Å². The molecule has 0 saturated carbocycles. The van der Waals surface area contributed by atoms with Crippen molar-refractivity contribution < 1.29 is 0 Å². The molecule has 1 nitrogen and oxygen atoms in total. The summed E-state index contributed by atoms with van der Waals surface area (Å²) in [5, 5.41) is 0. The van der Waals surface area contributed by atoms with Crippen LogP contribution in [0.4, 0.5) is 5.69 Å². The maximum atomic E-state index is 2.60. The van der Waals surface area contributed by atoms with Gasteiger partial charge in [0, 0.05) is 27.6 Å². The average Bonchev–Trinajstić information content (AvgIpc) is 2.57. The number of anilines is 1. The van der Waals surface area contributed by atoms with Crippen LogP contribution in [0.15, 0.2) is 21.9 Å². The van der Waals surface area contributed by atoms with E-state index < -0.39 is 0 Å². The number of thioether (sulfide) groups is 2. The Bertz CT molecular complexity index is 449. The minimum absolute atomic E-state index is 0.204. The molecule has 19 heavy (non-hydrogen) atoms. The molecule has 0 aromatic heterocycles. The van der Waals surface area contributed by atoms with Crippen molar-refractivity contribution in [2.45, 2.75) is 55.4 Å². The molecule has 1 aliphatic heterocycles. The molecule has 0 N–H and O–H groups in total. The van der Waals surface area contributed by atoms with Crippen LogP contribution in [-0.2, 0) is 6.42 Å². The summed E-state index contributed by atoms with van der Waals surface area (Å²) in [7, 11) is 0. The minimum Gasteiger partial charge on any atom is -0.366 e. The molecule has 1 aromatic carbocycles. The van der Waals surface area contributed by atoms with Crippen LogP contribution in [0, 0.1) is 0 Å². The smallest absolute Gasteiger partial charge is 0.0415 e. The van der Waals surface area contributed by atoms with Crippen LogP contribution in [-0.4, -0.2) is 24.6 Å². The van der Waals surface area contributed by atoms with Gasteiger partial charge in [-0.15, -0.1) is 23.5 Å². The first-order valence-corrected chi connectivity index (χ1v) is 9.45. The summed E-state index contributed by atoms with van der Waals surface area (Å²) in [5.74, 6) is 0. The number of hydrogen-bond acceptors (Lipinski definition) is 3. The van der Waals surface area contributed by atoms with Gasteiger partial charge in [-0.1, -0.05) is 0 Å². The number of benzene rings is 1. The molecule has 106 valence electrons. The monoisotopic (exact) mass is 295 g/mol. The van der Waals surface area contributed by atoms with Crippen molar-refractivity contribution in [3.8, 4) is 0 Å². The van der Waals surface area contributed by atoms with Crippen LogP contribution in [0.2, 0.25) is 0 Å². The molecule has 1 heterocycles. The van der Waals surface area contributed by atoms with Crippen molar-refractivity contribution in [3.63, 3.8) is 0 Å². The molecule has 2 rings (SSSR count). The van der Waals surface area contributed by atoms with Gasteiger partial charge in [-0.3, -0.25) is 0 Å². The Hall–Kier alpha value is -0.280. The van der Waals surface area contributed by atoms with Gasteiger partial charge in [0.15, 0.2) is 0 Å². The second-order valence-corrected chi connectivity index (χ2v) is 7.81. The van der Waals surface area contributed by atoms with E-state index in [1.807, 2.05) is 23.5 Å². The molecule has 1 aliphatic rings. The van der Waals surface area contributed by atoms with Crippen molar-refractivity contribution in [2.75, 3.05) is 24.0 Å². The quantitative estimate of drug-likeness (QED) is 0.701. The lowest BCUT2D eigenvalue weighted by Gasteiger charge is -2.38. The SMILES string of the molecule is CSc1cc2c(cc1SC)N(C(C)(C)C)CCCC2. The molecular weight excluding hydrogens is 270 g/mol. The normalized spacial score (nSPS) is 16.2. The third kappa shape index (κ3) is 3.25. The lowest BCUT2D eigenvalue weighted by molar-refractivity contribution is 0.498. The van der Waals surface area contributed by atoms with Gasteiger partial charge in [0.25, 0.3) is 0 Å². The van der Waals surface area contributed by atoms with Crippen LogP contribution in [0.3, 0.4) is 0 Å². The molecule has 0 saturated heterocycles. The zero-order valence-corrected chi connectivity index (χ0v) is 14.4. The number of rotatable bonds is 2. The molecular formula is C16H25NS2. The molecule has 0 bridgehead atoms. The van der Waals surface area contributed by atoms with E-state index in [0.29, 0.717) is 0 Å². The Morgan fingerprint density at radius 1 is 1.00 bits per heavy atom. The van der Waals surface area contributed by atoms with Gasteiger partial charge in [0.1, 0.15) is 0 Å². The summed E-state index contributed by atoms with van der Waals surface area (Å²) >= 11 is 3.73. The second-order valence-electron chi connectivity index (χ2n) is 6.12. The van der Waals surface area contributed by atoms with Crippen molar-refractivity contribution in [3.05, 3.63) is 17.7 Å². The maximum absolute atomic E-state index is 2.60. The minimum atomic E-state index is 0.204. The van der Waals surface area contributed by atoms with Gasteiger partial charge in [-0.05, 0) is 70.2 Å². The van der Waals surface area contributed by atoms with Gasteiger partial charge in [0.2, 0.25) is 0 Å². The van der Waals surface area contributed by atoms with Crippen molar-refractivity contribution in [2.24, 2.45) is 0 Å². The van der Waals surface area contributed by atoms with E-state index in [0.717, 1.165) is 0 Å². The molecule has 3 heteroatoms. The number of hydrogen-bond donors (Lipinski definition) is 0. The Morgan fingerprint density at radius 3 is 2.21 bits per heavy atom. The Kier molecular flexibility index (Phi) is 4.78. The van der Waals surface area contributed by atoms with Gasteiger partial charge in [-0.2, -0.15) is 0 Å². The summed E-state index contributed by atoms with van der Waals surface area (Å²) in [6.07, 6.45) is 8.20. The lowest BCUT2D eigenvalue weighted by Crippen LogP contribution is -2.42. The highest BCUT2D eigenvalue weighted by molar-refractivity contribution is 8.01. The highest BCUT2D eigenvalue weighted by atomic mass is 32.2. The third-order valence-electron chi connectivity index (χ3n) is 3.76. The summed E-state index contributed by atoms with van der Waals surface area (Å²) < 4.78 is 0. The van der Waals surface area contributed by atoms with Crippen LogP contribution >= 0.6 is 23.5 Å². The molecule has 0 fully saturated rings. The summed E-state index contributed by atoms with van der Waals surface area (Å²) in [6, 6.07) is 4.85. The molecule has 0 atom stereocenters. The molecule has 1 aromatic rings. The largest absolute Gasteiger partial charge is 0.366 e. The van der Waals surface area contributed by atoms with Gasteiger partial charge >= 0.3 is 0 Å². The first kappa shape index (κ1) is 15.1. The third-order valence-corrected chi connectivity index (χ3v) is 5.45. The molecule has 0 radical (unpaired) electrons. The molecule has 0 spiro atoms. The first-order valence-electron chi connectivity index (χ1n) is 7.00. The van der Waals surface area contributed by atoms with Gasteiger partial charge in [0.05, 0.1) is 0 Å². The summed E-state index contributed by atoms with van der Waals surface area (Å²) in [4.78, 5) is 5.45. The van der Waals surface area contributed by atoms with E-state index in [-0.39, 0.29) is 5.54 Å². The Balaban J connectivity index is 2.53. The fourth-order valence-electron chi connectivity index (χ4n) is 2.76. The van der Waals surface area contributed by atoms with Crippen LogP contribution < -0.4 is 4.90 Å². The van der Waals surface area contributed by atoms with Crippen molar-refractivity contribution in [1.29, 1.82) is 0 Å². The maximum Gasteiger partial charge on any atom is 0.0415 e. The van der Waals surface area contributed by atoms with E-state index in [1.165, 1.54) is 46.8 Å². The first-order chi connectivity index (χ1) is 8.97. The topological polar surface area (TPSA) is 3.24 Å². The van der Waals surface area contributed by atoms with Gasteiger partial charge < -0.3 is 4.90 Å². The predicted octanol–water partition coefficient (Wildman–Crippen LogP) is 5.07. The highest BCUT2D eigenvalue weighted by Crippen LogP contribution is 2.39. The standard InChI is InChI=1S/C16H25NS2/c1-16(2,3)17-9-7-6-8-12-10-14(18-4)15(19-5)11-13(12)17/h10-11H,6-9H2,1-5H3. The molecule has 0 aliphatic carbocycles. The lowest BCUT2D eigenvalue weighted by atomic mass is 10.0. The highest BCUT2D eigenvalue weighted by Gasteiger charge is 2.26. The average molecular weight is 296 g/mol. The summed E-state index contributed by atoms with van der Waals surface area (Å²) in [6.45, 7) is 8.15. The van der Waals surface area contributed by atoms with E-state index in [1.54, 1.807) is 0 Å². The van der Waals surface area contributed by atoms with Crippen molar-refractivity contribution >= 4 is 29.2 Å².